The molecule has 4 nitrogen and oxygen atoms in total. The van der Waals surface area contributed by atoms with E-state index in [2.05, 4.69) is 23.7 Å². The summed E-state index contributed by atoms with van der Waals surface area (Å²) >= 11 is 1.48. The number of hydrogen-bond donors (Lipinski definition) is 2. The Hall–Kier alpha value is -1.49. The van der Waals surface area contributed by atoms with Gasteiger partial charge in [-0.25, -0.2) is 0 Å². The highest BCUT2D eigenvalue weighted by molar-refractivity contribution is 7.18. The topological polar surface area (TPSA) is 58.4 Å². The first kappa shape index (κ1) is 13.9. The molecule has 3 N–H and O–H groups in total. The molecule has 1 atom stereocenters. The fourth-order valence-corrected chi connectivity index (χ4v) is 3.37. The number of carbonyl (C=O) groups excluding carboxylic acids is 1. The Labute approximate surface area is 118 Å². The van der Waals surface area contributed by atoms with Gasteiger partial charge in [-0.1, -0.05) is 19.4 Å². The lowest BCUT2D eigenvalue weighted by Gasteiger charge is -2.15. The number of nitrogens with zero attached hydrogens (tertiary/aromatic N) is 1. The van der Waals surface area contributed by atoms with E-state index in [9.17, 15) is 4.79 Å². The Morgan fingerprint density at radius 2 is 2.53 bits per heavy atom. The summed E-state index contributed by atoms with van der Waals surface area (Å²) in [6, 6.07) is 1.92. The van der Waals surface area contributed by atoms with Crippen molar-refractivity contribution in [3.05, 3.63) is 23.6 Å². The van der Waals surface area contributed by atoms with Crippen molar-refractivity contribution in [3.63, 3.8) is 0 Å². The van der Waals surface area contributed by atoms with E-state index in [1.807, 2.05) is 6.07 Å². The third kappa shape index (κ3) is 3.10. The van der Waals surface area contributed by atoms with Crippen LogP contribution in [0.2, 0.25) is 0 Å². The Morgan fingerprint density at radius 1 is 1.74 bits per heavy atom. The number of carbonyl (C=O) groups is 1. The van der Waals surface area contributed by atoms with Crippen LogP contribution in [0.4, 0.5) is 10.7 Å². The van der Waals surface area contributed by atoms with Gasteiger partial charge in [-0.05, 0) is 18.4 Å². The molecule has 0 aliphatic carbocycles. The van der Waals surface area contributed by atoms with Gasteiger partial charge < -0.3 is 16.0 Å². The van der Waals surface area contributed by atoms with Gasteiger partial charge in [0.25, 0.3) is 5.91 Å². The molecule has 0 bridgehead atoms. The molecule has 1 fully saturated rings. The average molecular weight is 279 g/mol. The predicted molar refractivity (Wildman–Crippen MR) is 81.9 cm³/mol. The van der Waals surface area contributed by atoms with Crippen molar-refractivity contribution in [2.45, 2.75) is 19.8 Å². The smallest absolute Gasteiger partial charge is 0.263 e. The minimum Gasteiger partial charge on any atom is -0.397 e. The summed E-state index contributed by atoms with van der Waals surface area (Å²) in [5.74, 6) is 0.654. The quantitative estimate of drug-likeness (QED) is 0.814. The fourth-order valence-electron chi connectivity index (χ4n) is 2.34. The monoisotopic (exact) mass is 279 g/mol. The van der Waals surface area contributed by atoms with Gasteiger partial charge in [-0.15, -0.1) is 17.9 Å². The van der Waals surface area contributed by atoms with Crippen molar-refractivity contribution in [3.8, 4) is 0 Å². The van der Waals surface area contributed by atoms with Gasteiger partial charge in [0.2, 0.25) is 0 Å². The van der Waals surface area contributed by atoms with E-state index in [0.29, 0.717) is 17.1 Å². The van der Waals surface area contributed by atoms with Crippen molar-refractivity contribution in [1.82, 2.24) is 5.32 Å². The maximum atomic E-state index is 11.9. The normalized spacial score (nSPS) is 18.6. The van der Waals surface area contributed by atoms with Gasteiger partial charge in [-0.2, -0.15) is 0 Å². The first-order valence-corrected chi connectivity index (χ1v) is 7.50. The highest BCUT2D eigenvalue weighted by atomic mass is 32.1. The van der Waals surface area contributed by atoms with E-state index < -0.39 is 0 Å². The maximum Gasteiger partial charge on any atom is 0.263 e. The molecule has 1 aromatic rings. The highest BCUT2D eigenvalue weighted by Crippen LogP contribution is 2.35. The number of anilines is 2. The molecule has 1 aromatic heterocycles. The molecule has 0 saturated carbocycles. The van der Waals surface area contributed by atoms with Crippen LogP contribution in [0, 0.1) is 5.92 Å². The van der Waals surface area contributed by atoms with Crippen LogP contribution in [-0.4, -0.2) is 25.5 Å². The molecule has 1 aliphatic heterocycles. The third-order valence-electron chi connectivity index (χ3n) is 3.54. The second-order valence-electron chi connectivity index (χ2n) is 4.88. The number of thiophene rings is 1. The molecule has 5 heteroatoms. The van der Waals surface area contributed by atoms with Crippen LogP contribution in [-0.2, 0) is 0 Å². The number of hydrogen-bond acceptors (Lipinski definition) is 4. The van der Waals surface area contributed by atoms with E-state index >= 15 is 0 Å². The molecule has 0 radical (unpaired) electrons. The molecule has 0 aromatic carbocycles. The predicted octanol–water partition coefficient (Wildman–Crippen LogP) is 2.48. The fraction of sp³-hybridized carbons (Fsp3) is 0.500. The summed E-state index contributed by atoms with van der Waals surface area (Å²) in [6.45, 7) is 8.41. The van der Waals surface area contributed by atoms with Crippen molar-refractivity contribution in [1.29, 1.82) is 0 Å². The second-order valence-corrected chi connectivity index (χ2v) is 5.91. The lowest BCUT2D eigenvalue weighted by molar-refractivity contribution is 0.0963. The van der Waals surface area contributed by atoms with Crippen molar-refractivity contribution in [2.24, 2.45) is 5.92 Å². The SMILES string of the molecule is C=CCNC(=O)c1sc(N2CCC(CC)C2)cc1N. The Morgan fingerprint density at radius 3 is 3.16 bits per heavy atom. The highest BCUT2D eigenvalue weighted by Gasteiger charge is 2.24. The first-order chi connectivity index (χ1) is 9.15. The zero-order valence-electron chi connectivity index (χ0n) is 11.3. The molecule has 0 spiro atoms. The molecule has 1 saturated heterocycles. The molecule has 19 heavy (non-hydrogen) atoms. The second kappa shape index (κ2) is 6.10. The number of amides is 1. The number of rotatable bonds is 5. The molecule has 1 amide bonds. The molecular formula is C14H21N3OS. The van der Waals surface area contributed by atoms with Crippen LogP contribution in [0.25, 0.3) is 0 Å². The summed E-state index contributed by atoms with van der Waals surface area (Å²) in [7, 11) is 0. The molecular weight excluding hydrogens is 258 g/mol. The van der Waals surface area contributed by atoms with Crippen LogP contribution >= 0.6 is 11.3 Å². The van der Waals surface area contributed by atoms with Crippen LogP contribution in [0.1, 0.15) is 29.4 Å². The Bertz CT molecular complexity index is 469. The minimum absolute atomic E-state index is 0.111. The van der Waals surface area contributed by atoms with Crippen LogP contribution in [0.3, 0.4) is 0 Å². The van der Waals surface area contributed by atoms with Gasteiger partial charge in [0.15, 0.2) is 0 Å². The average Bonchev–Trinajstić information content (AvgIpc) is 3.02. The van der Waals surface area contributed by atoms with Gasteiger partial charge in [0, 0.05) is 19.6 Å². The lowest BCUT2D eigenvalue weighted by atomic mass is 10.1. The van der Waals surface area contributed by atoms with Gasteiger partial charge in [0.1, 0.15) is 4.88 Å². The minimum atomic E-state index is -0.111. The van der Waals surface area contributed by atoms with E-state index in [-0.39, 0.29) is 5.91 Å². The zero-order valence-corrected chi connectivity index (χ0v) is 12.1. The van der Waals surface area contributed by atoms with Crippen LogP contribution in [0.5, 0.6) is 0 Å². The van der Waals surface area contributed by atoms with Crippen LogP contribution < -0.4 is 16.0 Å². The summed E-state index contributed by atoms with van der Waals surface area (Å²) < 4.78 is 0. The van der Waals surface area contributed by atoms with E-state index in [0.717, 1.165) is 24.0 Å². The zero-order chi connectivity index (χ0) is 13.8. The summed E-state index contributed by atoms with van der Waals surface area (Å²) in [5.41, 5.74) is 6.52. The number of nitrogens with two attached hydrogens (primary N) is 1. The van der Waals surface area contributed by atoms with Crippen LogP contribution in [0.15, 0.2) is 18.7 Å². The Kier molecular flexibility index (Phi) is 4.47. The largest absolute Gasteiger partial charge is 0.397 e. The molecule has 1 unspecified atom stereocenters. The third-order valence-corrected chi connectivity index (χ3v) is 4.75. The first-order valence-electron chi connectivity index (χ1n) is 6.69. The molecule has 2 heterocycles. The van der Waals surface area contributed by atoms with Gasteiger partial charge in [0.05, 0.1) is 10.7 Å². The summed E-state index contributed by atoms with van der Waals surface area (Å²) in [5, 5.41) is 3.88. The summed E-state index contributed by atoms with van der Waals surface area (Å²) in [4.78, 5) is 14.9. The van der Waals surface area contributed by atoms with E-state index in [1.165, 1.54) is 24.2 Å². The van der Waals surface area contributed by atoms with E-state index in [1.54, 1.807) is 6.08 Å². The van der Waals surface area contributed by atoms with Gasteiger partial charge in [-0.3, -0.25) is 4.79 Å². The Balaban J connectivity index is 2.08. The number of nitrogen functional groups attached to an aromatic ring is 1. The molecule has 104 valence electrons. The number of nitrogens with one attached hydrogen (secondary N) is 1. The molecule has 2 rings (SSSR count). The lowest BCUT2D eigenvalue weighted by Crippen LogP contribution is -2.23. The van der Waals surface area contributed by atoms with Gasteiger partial charge >= 0.3 is 0 Å². The van der Waals surface area contributed by atoms with Crippen molar-refractivity contribution in [2.75, 3.05) is 30.3 Å². The van der Waals surface area contributed by atoms with E-state index in [4.69, 9.17) is 5.73 Å². The summed E-state index contributed by atoms with van der Waals surface area (Å²) in [6.07, 6.45) is 4.10. The van der Waals surface area contributed by atoms with Crippen molar-refractivity contribution >= 4 is 27.9 Å². The standard InChI is InChI=1S/C14H21N3OS/c1-3-6-16-14(18)13-11(15)8-12(19-13)17-7-5-10(4-2)9-17/h3,8,10H,1,4-7,9,15H2,2H3,(H,16,18). The maximum absolute atomic E-state index is 11.9. The molecule has 1 aliphatic rings. The van der Waals surface area contributed by atoms with Crippen molar-refractivity contribution < 1.29 is 4.79 Å².